The van der Waals surface area contributed by atoms with Crippen LogP contribution in [-0.4, -0.2) is 27.9 Å². The highest BCUT2D eigenvalue weighted by atomic mass is 16.5. The summed E-state index contributed by atoms with van der Waals surface area (Å²) in [5.74, 6) is -0.541. The average Bonchev–Trinajstić information content (AvgIpc) is 3.10. The molecule has 1 aromatic carbocycles. The van der Waals surface area contributed by atoms with Crippen molar-refractivity contribution >= 4 is 23.2 Å². The van der Waals surface area contributed by atoms with Gasteiger partial charge in [-0.2, -0.15) is 0 Å². The molecular weight excluding hydrogens is 330 g/mol. The van der Waals surface area contributed by atoms with Crippen LogP contribution in [0.25, 0.3) is 5.65 Å². The molecule has 0 radical (unpaired) electrons. The lowest BCUT2D eigenvalue weighted by Gasteiger charge is -2.10. The molecule has 3 aromatic rings. The van der Waals surface area contributed by atoms with Gasteiger partial charge in [0.1, 0.15) is 5.65 Å². The van der Waals surface area contributed by atoms with Gasteiger partial charge in [-0.25, -0.2) is 9.78 Å². The van der Waals surface area contributed by atoms with Crippen LogP contribution >= 0.6 is 0 Å². The second kappa shape index (κ2) is 7.82. The fraction of sp³-hybridized carbons (Fsp3) is 0.250. The Balaban J connectivity index is 1.54. The van der Waals surface area contributed by atoms with Gasteiger partial charge in [-0.1, -0.05) is 32.0 Å². The highest BCUT2D eigenvalue weighted by molar-refractivity contribution is 5.95. The van der Waals surface area contributed by atoms with E-state index in [1.54, 1.807) is 22.9 Å². The van der Waals surface area contributed by atoms with E-state index < -0.39 is 11.9 Å². The molecule has 3 rings (SSSR count). The largest absolute Gasteiger partial charge is 0.451 e. The number of fused-ring (bicyclic) bond motifs is 1. The number of benzene rings is 1. The molecular formula is C20H21N3O3. The van der Waals surface area contributed by atoms with Crippen molar-refractivity contribution in [2.75, 3.05) is 11.9 Å². The first kappa shape index (κ1) is 17.7. The highest BCUT2D eigenvalue weighted by Gasteiger charge is 2.14. The number of carbonyl (C=O) groups is 2. The zero-order chi connectivity index (χ0) is 18.5. The number of aromatic nitrogens is 2. The van der Waals surface area contributed by atoms with Crippen LogP contribution in [0, 0.1) is 0 Å². The Morgan fingerprint density at radius 3 is 2.65 bits per heavy atom. The van der Waals surface area contributed by atoms with Crippen LogP contribution in [-0.2, 0) is 9.53 Å². The van der Waals surface area contributed by atoms with E-state index in [1.165, 1.54) is 5.56 Å². The first-order valence-corrected chi connectivity index (χ1v) is 8.57. The van der Waals surface area contributed by atoms with E-state index >= 15 is 0 Å². The first-order valence-electron chi connectivity index (χ1n) is 8.57. The SMILES string of the molecule is CC[C@H](C)c1ccc(NC(=O)COC(=O)c2cn3ccccc3n2)cc1. The molecule has 1 N–H and O–H groups in total. The number of rotatable bonds is 6. The monoisotopic (exact) mass is 351 g/mol. The lowest BCUT2D eigenvalue weighted by molar-refractivity contribution is -0.119. The minimum atomic E-state index is -0.629. The number of esters is 1. The standard InChI is InChI=1S/C20H21N3O3/c1-3-14(2)15-7-9-16(10-8-15)21-19(24)13-26-20(25)17-12-23-11-5-4-6-18(23)22-17/h4-12,14H,3,13H2,1-2H3,(H,21,24)/t14-/m0/s1. The van der Waals surface area contributed by atoms with Gasteiger partial charge in [-0.15, -0.1) is 0 Å². The van der Waals surface area contributed by atoms with Crippen LogP contribution in [0.5, 0.6) is 0 Å². The van der Waals surface area contributed by atoms with Gasteiger partial charge in [0, 0.05) is 18.1 Å². The zero-order valence-electron chi connectivity index (χ0n) is 14.8. The lowest BCUT2D eigenvalue weighted by Crippen LogP contribution is -2.21. The van der Waals surface area contributed by atoms with Gasteiger partial charge in [0.25, 0.3) is 5.91 Å². The lowest BCUT2D eigenvalue weighted by atomic mass is 9.99. The van der Waals surface area contributed by atoms with Gasteiger partial charge < -0.3 is 14.5 Å². The molecule has 1 atom stereocenters. The topological polar surface area (TPSA) is 72.7 Å². The third-order valence-corrected chi connectivity index (χ3v) is 4.28. The van der Waals surface area contributed by atoms with Gasteiger partial charge in [0.15, 0.2) is 12.3 Å². The molecule has 0 aliphatic heterocycles. The maximum absolute atomic E-state index is 12.0. The quantitative estimate of drug-likeness (QED) is 0.688. The van der Waals surface area contributed by atoms with E-state index in [-0.39, 0.29) is 12.3 Å². The summed E-state index contributed by atoms with van der Waals surface area (Å²) in [6, 6.07) is 13.1. The van der Waals surface area contributed by atoms with Crippen LogP contribution in [0.4, 0.5) is 5.69 Å². The molecule has 0 unspecified atom stereocenters. The molecule has 26 heavy (non-hydrogen) atoms. The molecule has 2 heterocycles. The van der Waals surface area contributed by atoms with Crippen molar-refractivity contribution in [2.24, 2.45) is 0 Å². The summed E-state index contributed by atoms with van der Waals surface area (Å²) in [6.45, 7) is 3.93. The fourth-order valence-electron chi connectivity index (χ4n) is 2.57. The average molecular weight is 351 g/mol. The number of pyridine rings is 1. The molecule has 0 saturated heterocycles. The molecule has 0 spiro atoms. The number of nitrogens with one attached hydrogen (secondary N) is 1. The Bertz CT molecular complexity index is 882. The van der Waals surface area contributed by atoms with Crippen molar-refractivity contribution in [3.05, 3.63) is 66.1 Å². The number of imidazole rings is 1. The minimum absolute atomic E-state index is 0.168. The van der Waals surface area contributed by atoms with E-state index in [4.69, 9.17) is 4.74 Å². The van der Waals surface area contributed by atoms with Gasteiger partial charge in [0.05, 0.1) is 0 Å². The third kappa shape index (κ3) is 4.08. The number of hydrogen-bond acceptors (Lipinski definition) is 4. The molecule has 2 aromatic heterocycles. The number of hydrogen-bond donors (Lipinski definition) is 1. The molecule has 0 saturated carbocycles. The Kier molecular flexibility index (Phi) is 5.31. The minimum Gasteiger partial charge on any atom is -0.451 e. The zero-order valence-corrected chi connectivity index (χ0v) is 14.8. The Morgan fingerprint density at radius 1 is 1.19 bits per heavy atom. The fourth-order valence-corrected chi connectivity index (χ4v) is 2.57. The molecule has 6 heteroatoms. The molecule has 0 aliphatic carbocycles. The van der Waals surface area contributed by atoms with Crippen LogP contribution < -0.4 is 5.32 Å². The third-order valence-electron chi connectivity index (χ3n) is 4.28. The second-order valence-electron chi connectivity index (χ2n) is 6.15. The summed E-state index contributed by atoms with van der Waals surface area (Å²) in [7, 11) is 0. The van der Waals surface area contributed by atoms with E-state index in [0.717, 1.165) is 6.42 Å². The summed E-state index contributed by atoms with van der Waals surface area (Å²) in [6.07, 6.45) is 4.42. The summed E-state index contributed by atoms with van der Waals surface area (Å²) < 4.78 is 6.76. The predicted molar refractivity (Wildman–Crippen MR) is 99.3 cm³/mol. The summed E-state index contributed by atoms with van der Waals surface area (Å²) in [5.41, 5.74) is 2.71. The Hall–Kier alpha value is -3.15. The molecule has 0 fully saturated rings. The molecule has 1 amide bonds. The predicted octanol–water partition coefficient (Wildman–Crippen LogP) is 3.64. The van der Waals surface area contributed by atoms with Gasteiger partial charge in [0.2, 0.25) is 0 Å². The van der Waals surface area contributed by atoms with Crippen molar-refractivity contribution < 1.29 is 14.3 Å². The molecule has 0 bridgehead atoms. The number of ether oxygens (including phenoxy) is 1. The summed E-state index contributed by atoms with van der Waals surface area (Å²) in [4.78, 5) is 28.2. The highest BCUT2D eigenvalue weighted by Crippen LogP contribution is 2.20. The van der Waals surface area contributed by atoms with Crippen LogP contribution in [0.3, 0.4) is 0 Å². The van der Waals surface area contributed by atoms with Gasteiger partial charge in [-0.05, 0) is 42.2 Å². The van der Waals surface area contributed by atoms with Crippen molar-refractivity contribution in [1.29, 1.82) is 0 Å². The van der Waals surface area contributed by atoms with E-state index in [2.05, 4.69) is 24.1 Å². The summed E-state index contributed by atoms with van der Waals surface area (Å²) >= 11 is 0. The van der Waals surface area contributed by atoms with E-state index in [0.29, 0.717) is 17.3 Å². The van der Waals surface area contributed by atoms with Crippen molar-refractivity contribution in [3.63, 3.8) is 0 Å². The Labute approximate surface area is 151 Å². The van der Waals surface area contributed by atoms with Crippen molar-refractivity contribution in [1.82, 2.24) is 9.38 Å². The number of nitrogens with zero attached hydrogens (tertiary/aromatic N) is 2. The number of carbonyl (C=O) groups excluding carboxylic acids is 2. The van der Waals surface area contributed by atoms with Crippen LogP contribution in [0.15, 0.2) is 54.9 Å². The van der Waals surface area contributed by atoms with Gasteiger partial charge in [-0.3, -0.25) is 4.79 Å². The Morgan fingerprint density at radius 2 is 1.96 bits per heavy atom. The number of amides is 1. The van der Waals surface area contributed by atoms with E-state index in [1.807, 2.05) is 36.4 Å². The summed E-state index contributed by atoms with van der Waals surface area (Å²) in [5, 5.41) is 2.72. The second-order valence-corrected chi connectivity index (χ2v) is 6.15. The molecule has 6 nitrogen and oxygen atoms in total. The smallest absolute Gasteiger partial charge is 0.359 e. The number of anilines is 1. The molecule has 134 valence electrons. The first-order chi connectivity index (χ1) is 12.6. The maximum Gasteiger partial charge on any atom is 0.359 e. The van der Waals surface area contributed by atoms with Crippen LogP contribution in [0.1, 0.15) is 42.2 Å². The molecule has 0 aliphatic rings. The maximum atomic E-state index is 12.0. The van der Waals surface area contributed by atoms with Gasteiger partial charge >= 0.3 is 5.97 Å². The van der Waals surface area contributed by atoms with Crippen molar-refractivity contribution in [2.45, 2.75) is 26.2 Å². The van der Waals surface area contributed by atoms with E-state index in [9.17, 15) is 9.59 Å². The van der Waals surface area contributed by atoms with Crippen molar-refractivity contribution in [3.8, 4) is 0 Å². The normalized spacial score (nSPS) is 11.9. The van der Waals surface area contributed by atoms with Crippen LogP contribution in [0.2, 0.25) is 0 Å².